The van der Waals surface area contributed by atoms with Gasteiger partial charge in [0.15, 0.2) is 5.96 Å². The SMILES string of the molecule is CN(C)C(C)(C)CN=C(N)NC1CCCCC1.I. The Labute approximate surface area is 129 Å². The van der Waals surface area contributed by atoms with Crippen molar-refractivity contribution in [2.75, 3.05) is 20.6 Å². The van der Waals surface area contributed by atoms with Crippen LogP contribution in [0.2, 0.25) is 0 Å². The zero-order chi connectivity index (χ0) is 12.9. The van der Waals surface area contributed by atoms with Crippen molar-refractivity contribution in [3.05, 3.63) is 0 Å². The maximum Gasteiger partial charge on any atom is 0.188 e. The highest BCUT2D eigenvalue weighted by molar-refractivity contribution is 14.0. The van der Waals surface area contributed by atoms with Crippen LogP contribution >= 0.6 is 24.0 Å². The number of likely N-dealkylation sites (N-methyl/N-ethyl adjacent to an activating group) is 1. The van der Waals surface area contributed by atoms with E-state index in [2.05, 4.69) is 43.2 Å². The molecule has 0 unspecified atom stereocenters. The molecule has 0 atom stereocenters. The maximum atomic E-state index is 5.93. The van der Waals surface area contributed by atoms with E-state index < -0.39 is 0 Å². The van der Waals surface area contributed by atoms with Gasteiger partial charge in [-0.25, -0.2) is 0 Å². The second kappa shape index (κ2) is 8.19. The normalized spacial score (nSPS) is 18.6. The van der Waals surface area contributed by atoms with Crippen LogP contribution in [-0.4, -0.2) is 43.1 Å². The third-order valence-corrected chi connectivity index (χ3v) is 3.80. The van der Waals surface area contributed by atoms with Crippen LogP contribution in [0.15, 0.2) is 4.99 Å². The average Bonchev–Trinajstić information content (AvgIpc) is 2.28. The van der Waals surface area contributed by atoms with Crippen LogP contribution in [-0.2, 0) is 0 Å². The Bertz CT molecular complexity index is 258. The Kier molecular flexibility index (Phi) is 8.18. The van der Waals surface area contributed by atoms with Crippen molar-refractivity contribution in [3.8, 4) is 0 Å². The highest BCUT2D eigenvalue weighted by atomic mass is 127. The lowest BCUT2D eigenvalue weighted by Crippen LogP contribution is -2.44. The minimum Gasteiger partial charge on any atom is -0.370 e. The summed E-state index contributed by atoms with van der Waals surface area (Å²) in [6.07, 6.45) is 6.45. The summed E-state index contributed by atoms with van der Waals surface area (Å²) in [7, 11) is 4.14. The summed E-state index contributed by atoms with van der Waals surface area (Å²) in [4.78, 5) is 6.62. The topological polar surface area (TPSA) is 53.6 Å². The summed E-state index contributed by atoms with van der Waals surface area (Å²) < 4.78 is 0. The van der Waals surface area contributed by atoms with Crippen molar-refractivity contribution in [3.63, 3.8) is 0 Å². The number of rotatable bonds is 4. The zero-order valence-electron chi connectivity index (χ0n) is 12.2. The molecule has 0 amide bonds. The first-order chi connectivity index (χ1) is 7.92. The summed E-state index contributed by atoms with van der Waals surface area (Å²) in [6.45, 7) is 5.07. The molecular weight excluding hydrogens is 339 g/mol. The molecule has 4 nitrogen and oxygen atoms in total. The predicted molar refractivity (Wildman–Crippen MR) is 89.7 cm³/mol. The van der Waals surface area contributed by atoms with Gasteiger partial charge in [0.1, 0.15) is 0 Å². The molecule has 0 aliphatic heterocycles. The Morgan fingerprint density at radius 3 is 2.33 bits per heavy atom. The van der Waals surface area contributed by atoms with E-state index in [-0.39, 0.29) is 29.5 Å². The smallest absolute Gasteiger partial charge is 0.188 e. The lowest BCUT2D eigenvalue weighted by atomic mass is 9.96. The molecule has 1 aliphatic rings. The Hall–Kier alpha value is -0.0400. The lowest BCUT2D eigenvalue weighted by molar-refractivity contribution is 0.205. The largest absolute Gasteiger partial charge is 0.370 e. The molecule has 0 spiro atoms. The number of hydrogen-bond donors (Lipinski definition) is 2. The molecule has 1 rings (SSSR count). The fourth-order valence-corrected chi connectivity index (χ4v) is 1.92. The molecule has 3 N–H and O–H groups in total. The number of halogens is 1. The Morgan fingerprint density at radius 1 is 1.28 bits per heavy atom. The molecule has 0 aromatic rings. The molecule has 1 saturated carbocycles. The summed E-state index contributed by atoms with van der Waals surface area (Å²) in [5.41, 5.74) is 5.99. The van der Waals surface area contributed by atoms with Crippen molar-refractivity contribution in [2.24, 2.45) is 10.7 Å². The lowest BCUT2D eigenvalue weighted by Gasteiger charge is -2.31. The van der Waals surface area contributed by atoms with Gasteiger partial charge < -0.3 is 16.0 Å². The third kappa shape index (κ3) is 6.22. The second-order valence-electron chi connectivity index (χ2n) is 5.89. The number of nitrogens with one attached hydrogen (secondary N) is 1. The summed E-state index contributed by atoms with van der Waals surface area (Å²) in [5.74, 6) is 0.604. The second-order valence-corrected chi connectivity index (χ2v) is 5.89. The monoisotopic (exact) mass is 368 g/mol. The third-order valence-electron chi connectivity index (χ3n) is 3.80. The van der Waals surface area contributed by atoms with Gasteiger partial charge in [0.25, 0.3) is 0 Å². The molecule has 0 aromatic heterocycles. The van der Waals surface area contributed by atoms with E-state index in [1.807, 2.05) is 0 Å². The van der Waals surface area contributed by atoms with Crippen molar-refractivity contribution in [1.82, 2.24) is 10.2 Å². The summed E-state index contributed by atoms with van der Waals surface area (Å²) in [5, 5.41) is 3.34. The molecule has 1 fully saturated rings. The van der Waals surface area contributed by atoms with Crippen LogP contribution in [0.5, 0.6) is 0 Å². The van der Waals surface area contributed by atoms with Crippen LogP contribution in [0.1, 0.15) is 46.0 Å². The molecule has 0 aromatic carbocycles. The van der Waals surface area contributed by atoms with E-state index >= 15 is 0 Å². The van der Waals surface area contributed by atoms with Crippen molar-refractivity contribution < 1.29 is 0 Å². The molecule has 5 heteroatoms. The van der Waals surface area contributed by atoms with Gasteiger partial charge in [-0.1, -0.05) is 19.3 Å². The number of nitrogens with two attached hydrogens (primary N) is 1. The fraction of sp³-hybridized carbons (Fsp3) is 0.923. The van der Waals surface area contributed by atoms with Crippen LogP contribution in [0.25, 0.3) is 0 Å². The predicted octanol–water partition coefficient (Wildman–Crippen LogP) is 2.18. The molecule has 0 bridgehead atoms. The average molecular weight is 368 g/mol. The first kappa shape index (κ1) is 18.0. The number of aliphatic imine (C=N–C) groups is 1. The van der Waals surface area contributed by atoms with E-state index in [1.165, 1.54) is 32.1 Å². The van der Waals surface area contributed by atoms with Gasteiger partial charge in [0.2, 0.25) is 0 Å². The standard InChI is InChI=1S/C13H28N4.HI/c1-13(2,17(3)4)10-15-12(14)16-11-8-6-5-7-9-11;/h11H,5-10H2,1-4H3,(H3,14,15,16);1H. The Balaban J connectivity index is 0.00000289. The van der Waals surface area contributed by atoms with Crippen LogP contribution in [0.3, 0.4) is 0 Å². The molecule has 0 radical (unpaired) electrons. The summed E-state index contributed by atoms with van der Waals surface area (Å²) in [6, 6.07) is 0.537. The number of hydrogen-bond acceptors (Lipinski definition) is 2. The van der Waals surface area contributed by atoms with Crippen LogP contribution in [0.4, 0.5) is 0 Å². The highest BCUT2D eigenvalue weighted by Crippen LogP contribution is 2.17. The van der Waals surface area contributed by atoms with Crippen molar-refractivity contribution >= 4 is 29.9 Å². The molecular formula is C13H29IN4. The molecule has 0 saturated heterocycles. The molecule has 0 heterocycles. The van der Waals surface area contributed by atoms with Gasteiger partial charge in [-0.15, -0.1) is 24.0 Å². The van der Waals surface area contributed by atoms with Gasteiger partial charge in [-0.2, -0.15) is 0 Å². The highest BCUT2D eigenvalue weighted by Gasteiger charge is 2.20. The molecule has 18 heavy (non-hydrogen) atoms. The zero-order valence-corrected chi connectivity index (χ0v) is 14.5. The van der Waals surface area contributed by atoms with E-state index in [0.29, 0.717) is 12.0 Å². The minimum absolute atomic E-state index is 0. The van der Waals surface area contributed by atoms with Crippen molar-refractivity contribution in [1.29, 1.82) is 0 Å². The van der Waals surface area contributed by atoms with Crippen molar-refractivity contribution in [2.45, 2.75) is 57.5 Å². The molecule has 108 valence electrons. The Morgan fingerprint density at radius 2 is 1.83 bits per heavy atom. The van der Waals surface area contributed by atoms with Gasteiger partial charge in [0, 0.05) is 11.6 Å². The quantitative estimate of drug-likeness (QED) is 0.454. The van der Waals surface area contributed by atoms with E-state index in [1.54, 1.807) is 0 Å². The van der Waals surface area contributed by atoms with E-state index in [0.717, 1.165) is 6.54 Å². The summed E-state index contributed by atoms with van der Waals surface area (Å²) >= 11 is 0. The maximum absolute atomic E-state index is 5.93. The fourth-order valence-electron chi connectivity index (χ4n) is 1.92. The van der Waals surface area contributed by atoms with E-state index in [4.69, 9.17) is 5.73 Å². The van der Waals surface area contributed by atoms with Gasteiger partial charge in [0.05, 0.1) is 6.54 Å². The van der Waals surface area contributed by atoms with Gasteiger partial charge in [-0.05, 0) is 40.8 Å². The van der Waals surface area contributed by atoms with Gasteiger partial charge >= 0.3 is 0 Å². The van der Waals surface area contributed by atoms with Crippen LogP contribution < -0.4 is 11.1 Å². The number of nitrogens with zero attached hydrogens (tertiary/aromatic N) is 2. The van der Waals surface area contributed by atoms with Gasteiger partial charge in [-0.3, -0.25) is 4.99 Å². The first-order valence-electron chi connectivity index (χ1n) is 6.66. The first-order valence-corrected chi connectivity index (χ1v) is 6.66. The van der Waals surface area contributed by atoms with E-state index in [9.17, 15) is 0 Å². The molecule has 1 aliphatic carbocycles. The van der Waals surface area contributed by atoms with Crippen LogP contribution in [0, 0.1) is 0 Å². The minimum atomic E-state index is 0. The number of guanidine groups is 1.